The van der Waals surface area contributed by atoms with Gasteiger partial charge in [0.25, 0.3) is 0 Å². The molecular formula is C12H15NO4. The number of anilines is 1. The Morgan fingerprint density at radius 1 is 1.53 bits per heavy atom. The molecule has 0 bridgehead atoms. The van der Waals surface area contributed by atoms with E-state index in [1.54, 1.807) is 6.07 Å². The van der Waals surface area contributed by atoms with Crippen molar-refractivity contribution in [1.29, 1.82) is 0 Å². The van der Waals surface area contributed by atoms with Crippen molar-refractivity contribution >= 4 is 11.7 Å². The fraction of sp³-hybridized carbons (Fsp3) is 0.417. The number of methoxy groups -OCH3 is 1. The van der Waals surface area contributed by atoms with E-state index in [1.807, 2.05) is 0 Å². The molecule has 1 aromatic carbocycles. The van der Waals surface area contributed by atoms with E-state index < -0.39 is 5.97 Å². The first-order valence-electron chi connectivity index (χ1n) is 5.46. The Kier molecular flexibility index (Phi) is 3.08. The molecule has 1 aromatic rings. The van der Waals surface area contributed by atoms with Crippen LogP contribution >= 0.6 is 0 Å². The van der Waals surface area contributed by atoms with Crippen LogP contribution in [-0.2, 0) is 0 Å². The number of carboxylic acid groups (broad SMARTS) is 1. The van der Waals surface area contributed by atoms with Crippen molar-refractivity contribution in [3.8, 4) is 11.5 Å². The summed E-state index contributed by atoms with van der Waals surface area (Å²) in [6.45, 7) is 0.514. The highest BCUT2D eigenvalue weighted by molar-refractivity contribution is 5.97. The lowest BCUT2D eigenvalue weighted by molar-refractivity contribution is 0.0692. The quantitative estimate of drug-likeness (QED) is 0.762. The van der Waals surface area contributed by atoms with Gasteiger partial charge in [-0.15, -0.1) is 0 Å². The third-order valence-corrected chi connectivity index (χ3v) is 2.75. The van der Waals surface area contributed by atoms with Gasteiger partial charge in [-0.3, -0.25) is 0 Å². The van der Waals surface area contributed by atoms with Crippen molar-refractivity contribution in [3.05, 3.63) is 17.7 Å². The minimum absolute atomic E-state index is 0.0231. The van der Waals surface area contributed by atoms with Gasteiger partial charge in [-0.2, -0.15) is 0 Å². The monoisotopic (exact) mass is 237 g/mol. The molecule has 1 aliphatic carbocycles. The van der Waals surface area contributed by atoms with Crippen LogP contribution in [0.25, 0.3) is 0 Å². The number of hydrogen-bond donors (Lipinski definition) is 2. The third-order valence-electron chi connectivity index (χ3n) is 2.75. The molecule has 0 atom stereocenters. The molecule has 5 nitrogen and oxygen atoms in total. The number of nitrogens with two attached hydrogens (primary N) is 1. The van der Waals surface area contributed by atoms with E-state index in [0.717, 1.165) is 12.8 Å². The maximum absolute atomic E-state index is 11.2. The molecule has 0 radical (unpaired) electrons. The van der Waals surface area contributed by atoms with Crippen molar-refractivity contribution in [2.75, 3.05) is 19.5 Å². The van der Waals surface area contributed by atoms with Crippen LogP contribution < -0.4 is 15.2 Å². The number of hydrogen-bond acceptors (Lipinski definition) is 4. The van der Waals surface area contributed by atoms with E-state index in [2.05, 4.69) is 0 Å². The average Bonchev–Trinajstić information content (AvgIpc) is 3.09. The maximum atomic E-state index is 11.2. The number of benzene rings is 1. The highest BCUT2D eigenvalue weighted by Gasteiger charge is 2.25. The standard InChI is InChI=1S/C12H15NO4/c1-16-9-5-4-8(13)10(12(14)15)11(9)17-6-7-2-3-7/h4-5,7H,2-3,6,13H2,1H3,(H,14,15). The molecule has 0 unspecified atom stereocenters. The van der Waals surface area contributed by atoms with Gasteiger partial charge in [0.1, 0.15) is 5.56 Å². The van der Waals surface area contributed by atoms with Gasteiger partial charge < -0.3 is 20.3 Å². The summed E-state index contributed by atoms with van der Waals surface area (Å²) >= 11 is 0. The van der Waals surface area contributed by atoms with E-state index in [0.29, 0.717) is 18.3 Å². The number of ether oxygens (including phenoxy) is 2. The molecule has 92 valence electrons. The second-order valence-corrected chi connectivity index (χ2v) is 4.12. The van der Waals surface area contributed by atoms with Gasteiger partial charge in [-0.1, -0.05) is 0 Å². The topological polar surface area (TPSA) is 81.8 Å². The van der Waals surface area contributed by atoms with Crippen molar-refractivity contribution in [1.82, 2.24) is 0 Å². The second-order valence-electron chi connectivity index (χ2n) is 4.12. The van der Waals surface area contributed by atoms with E-state index in [-0.39, 0.29) is 17.0 Å². The van der Waals surface area contributed by atoms with Gasteiger partial charge in [-0.25, -0.2) is 4.79 Å². The van der Waals surface area contributed by atoms with Crippen molar-refractivity contribution < 1.29 is 19.4 Å². The van der Waals surface area contributed by atoms with Crippen LogP contribution in [0.4, 0.5) is 5.69 Å². The molecule has 0 saturated heterocycles. The van der Waals surface area contributed by atoms with E-state index >= 15 is 0 Å². The van der Waals surface area contributed by atoms with Crippen LogP contribution in [0.15, 0.2) is 12.1 Å². The number of rotatable bonds is 5. The fourth-order valence-corrected chi connectivity index (χ4v) is 1.59. The Balaban J connectivity index is 2.34. The number of nitrogen functional groups attached to an aromatic ring is 1. The Morgan fingerprint density at radius 3 is 2.76 bits per heavy atom. The number of carboxylic acids is 1. The third kappa shape index (κ3) is 2.43. The first-order valence-corrected chi connectivity index (χ1v) is 5.46. The van der Waals surface area contributed by atoms with Crippen LogP contribution in [0.3, 0.4) is 0 Å². The normalized spacial score (nSPS) is 14.4. The Morgan fingerprint density at radius 2 is 2.24 bits per heavy atom. The lowest BCUT2D eigenvalue weighted by atomic mass is 10.1. The highest BCUT2D eigenvalue weighted by atomic mass is 16.5. The zero-order chi connectivity index (χ0) is 12.4. The van der Waals surface area contributed by atoms with Crippen LogP contribution in [0.2, 0.25) is 0 Å². The van der Waals surface area contributed by atoms with Gasteiger partial charge >= 0.3 is 5.97 Å². The van der Waals surface area contributed by atoms with Crippen LogP contribution in [0, 0.1) is 5.92 Å². The molecule has 1 aliphatic rings. The minimum atomic E-state index is -1.10. The molecule has 2 rings (SSSR count). The molecular weight excluding hydrogens is 222 g/mol. The Labute approximate surface area is 99.1 Å². The SMILES string of the molecule is COc1ccc(N)c(C(=O)O)c1OCC1CC1. The molecule has 0 heterocycles. The first kappa shape index (κ1) is 11.6. The summed E-state index contributed by atoms with van der Waals surface area (Å²) in [5.41, 5.74) is 5.81. The number of aromatic carboxylic acids is 1. The lowest BCUT2D eigenvalue weighted by Crippen LogP contribution is -2.09. The van der Waals surface area contributed by atoms with Crippen molar-refractivity contribution in [2.45, 2.75) is 12.8 Å². The summed E-state index contributed by atoms with van der Waals surface area (Å²) in [6.07, 6.45) is 2.26. The summed E-state index contributed by atoms with van der Waals surface area (Å²) in [5.74, 6) is 0.0547. The van der Waals surface area contributed by atoms with Gasteiger partial charge in [0.05, 0.1) is 19.4 Å². The van der Waals surface area contributed by atoms with Gasteiger partial charge in [-0.05, 0) is 30.9 Å². The smallest absolute Gasteiger partial charge is 0.341 e. The maximum Gasteiger partial charge on any atom is 0.341 e. The molecule has 5 heteroatoms. The van der Waals surface area contributed by atoms with Crippen LogP contribution in [0.5, 0.6) is 11.5 Å². The summed E-state index contributed by atoms with van der Waals surface area (Å²) in [4.78, 5) is 11.2. The largest absolute Gasteiger partial charge is 0.493 e. The van der Waals surface area contributed by atoms with Gasteiger partial charge in [0.2, 0.25) is 0 Å². The number of carbonyl (C=O) groups is 1. The Hall–Kier alpha value is -1.91. The van der Waals surface area contributed by atoms with Crippen LogP contribution in [0.1, 0.15) is 23.2 Å². The summed E-state index contributed by atoms with van der Waals surface area (Å²) in [7, 11) is 1.47. The van der Waals surface area contributed by atoms with Crippen molar-refractivity contribution in [3.63, 3.8) is 0 Å². The molecule has 0 spiro atoms. The predicted octanol–water partition coefficient (Wildman–Crippen LogP) is 1.76. The highest BCUT2D eigenvalue weighted by Crippen LogP contribution is 2.37. The molecule has 0 aliphatic heterocycles. The zero-order valence-corrected chi connectivity index (χ0v) is 9.60. The zero-order valence-electron chi connectivity index (χ0n) is 9.60. The molecule has 0 amide bonds. The van der Waals surface area contributed by atoms with Gasteiger partial charge in [0, 0.05) is 0 Å². The molecule has 0 aromatic heterocycles. The van der Waals surface area contributed by atoms with Gasteiger partial charge in [0.15, 0.2) is 11.5 Å². The minimum Gasteiger partial charge on any atom is -0.493 e. The van der Waals surface area contributed by atoms with E-state index in [1.165, 1.54) is 13.2 Å². The molecule has 1 fully saturated rings. The Bertz CT molecular complexity index is 440. The van der Waals surface area contributed by atoms with E-state index in [9.17, 15) is 4.79 Å². The van der Waals surface area contributed by atoms with Crippen molar-refractivity contribution in [2.24, 2.45) is 5.92 Å². The molecule has 1 saturated carbocycles. The average molecular weight is 237 g/mol. The summed E-state index contributed by atoms with van der Waals surface area (Å²) < 4.78 is 10.6. The first-order chi connectivity index (χ1) is 8.13. The summed E-state index contributed by atoms with van der Waals surface area (Å²) in [5, 5.41) is 9.13. The second kappa shape index (κ2) is 4.53. The molecule has 3 N–H and O–H groups in total. The fourth-order valence-electron chi connectivity index (χ4n) is 1.59. The predicted molar refractivity (Wildman–Crippen MR) is 62.6 cm³/mol. The lowest BCUT2D eigenvalue weighted by Gasteiger charge is -2.14. The summed E-state index contributed by atoms with van der Waals surface area (Å²) in [6, 6.07) is 3.12. The van der Waals surface area contributed by atoms with Crippen LogP contribution in [-0.4, -0.2) is 24.8 Å². The molecule has 17 heavy (non-hydrogen) atoms. The van der Waals surface area contributed by atoms with E-state index in [4.69, 9.17) is 20.3 Å².